The maximum atomic E-state index is 13.2. The summed E-state index contributed by atoms with van der Waals surface area (Å²) in [4.78, 5) is 41.4. The minimum atomic E-state index is -4.24. The van der Waals surface area contributed by atoms with E-state index in [1.807, 2.05) is 0 Å². The smallest absolute Gasteiger partial charge is 0.300 e. The first kappa shape index (κ1) is 22.6. The Bertz CT molecular complexity index is 1560. The van der Waals surface area contributed by atoms with Crippen molar-refractivity contribution >= 4 is 43.3 Å². The fourth-order valence-corrected chi connectivity index (χ4v) is 5.09. The van der Waals surface area contributed by atoms with Gasteiger partial charge in [-0.3, -0.25) is 18.7 Å². The van der Waals surface area contributed by atoms with Gasteiger partial charge in [-0.1, -0.05) is 30.3 Å². The number of aromatic nitrogens is 3. The van der Waals surface area contributed by atoms with E-state index in [-0.39, 0.29) is 10.3 Å². The lowest BCUT2D eigenvalue weighted by molar-refractivity contribution is -0.117. The van der Waals surface area contributed by atoms with Crippen LogP contribution in [0, 0.1) is 0 Å². The predicted octanol–water partition coefficient (Wildman–Crippen LogP) is 1.35. The second kappa shape index (κ2) is 8.73. The number of benzene rings is 2. The van der Waals surface area contributed by atoms with Crippen molar-refractivity contribution in [1.82, 2.24) is 18.8 Å². The average molecular weight is 486 g/mol. The molecule has 1 atom stereocenters. The highest BCUT2D eigenvalue weighted by molar-refractivity contribution is 7.89. The number of hydrogen-bond acceptors (Lipinski definition) is 7. The van der Waals surface area contributed by atoms with E-state index in [9.17, 15) is 22.8 Å². The lowest BCUT2D eigenvalue weighted by atomic mass is 10.1. The molecule has 1 amide bonds. The number of sulfonamides is 1. The molecule has 10 nitrogen and oxygen atoms in total. The zero-order chi connectivity index (χ0) is 23.8. The van der Waals surface area contributed by atoms with E-state index < -0.39 is 33.2 Å². The number of aryl methyl sites for hydroxylation is 1. The van der Waals surface area contributed by atoms with Crippen LogP contribution in [0.1, 0.15) is 11.6 Å². The van der Waals surface area contributed by atoms with Crippen molar-refractivity contribution in [3.05, 3.63) is 86.5 Å². The molecular weight excluding hydrogens is 466 g/mol. The van der Waals surface area contributed by atoms with E-state index in [1.54, 1.807) is 35.7 Å². The van der Waals surface area contributed by atoms with Crippen molar-refractivity contribution in [3.63, 3.8) is 0 Å². The molecule has 2 heterocycles. The molecule has 4 aromatic rings. The van der Waals surface area contributed by atoms with Crippen molar-refractivity contribution in [2.45, 2.75) is 10.9 Å². The molecule has 0 radical (unpaired) electrons. The molecule has 0 aliphatic rings. The molecule has 2 aromatic heterocycles. The SMILES string of the molecule is Cn1c(=O)c2cc(S(=O)(=O)N[C@@H](C(=O)Nc3nccs3)c3ccccc3)ccc2n(C)c1=O. The number of hydrogen-bond donors (Lipinski definition) is 2. The minimum Gasteiger partial charge on any atom is -0.300 e. The van der Waals surface area contributed by atoms with Gasteiger partial charge in [-0.2, -0.15) is 4.72 Å². The fourth-order valence-electron chi connectivity index (χ4n) is 3.35. The summed E-state index contributed by atoms with van der Waals surface area (Å²) in [5.41, 5.74) is -0.423. The molecule has 12 heteroatoms. The summed E-state index contributed by atoms with van der Waals surface area (Å²) in [6, 6.07) is 11.0. The minimum absolute atomic E-state index is 0.0611. The van der Waals surface area contributed by atoms with E-state index in [0.717, 1.165) is 4.57 Å². The normalized spacial score (nSPS) is 12.5. The van der Waals surface area contributed by atoms with Gasteiger partial charge in [0, 0.05) is 25.7 Å². The van der Waals surface area contributed by atoms with E-state index in [0.29, 0.717) is 16.2 Å². The van der Waals surface area contributed by atoms with E-state index >= 15 is 0 Å². The first-order valence-corrected chi connectivity index (χ1v) is 12.0. The van der Waals surface area contributed by atoms with E-state index in [4.69, 9.17) is 0 Å². The fraction of sp³-hybridized carbons (Fsp3) is 0.143. The van der Waals surface area contributed by atoms with Gasteiger partial charge in [0.15, 0.2) is 5.13 Å². The highest BCUT2D eigenvalue weighted by atomic mass is 32.2. The zero-order valence-electron chi connectivity index (χ0n) is 17.6. The number of carbonyl (C=O) groups is 1. The van der Waals surface area contributed by atoms with Crippen molar-refractivity contribution in [2.75, 3.05) is 5.32 Å². The maximum Gasteiger partial charge on any atom is 0.330 e. The molecule has 0 fully saturated rings. The Hall–Kier alpha value is -3.61. The Labute approximate surface area is 192 Å². The molecule has 4 rings (SSSR count). The van der Waals surface area contributed by atoms with Gasteiger partial charge < -0.3 is 5.32 Å². The van der Waals surface area contributed by atoms with Crippen LogP contribution in [0.4, 0.5) is 5.13 Å². The van der Waals surface area contributed by atoms with E-state index in [2.05, 4.69) is 15.0 Å². The van der Waals surface area contributed by atoms with E-state index in [1.165, 1.54) is 54.4 Å². The quantitative estimate of drug-likeness (QED) is 0.424. The molecular formula is C21H19N5O5S2. The largest absolute Gasteiger partial charge is 0.330 e. The first-order valence-electron chi connectivity index (χ1n) is 9.66. The van der Waals surface area contributed by atoms with Crippen LogP contribution in [0.25, 0.3) is 10.9 Å². The van der Waals surface area contributed by atoms with Crippen LogP contribution >= 0.6 is 11.3 Å². The van der Waals surface area contributed by atoms with Gasteiger partial charge in [0.05, 0.1) is 15.8 Å². The highest BCUT2D eigenvalue weighted by Gasteiger charge is 2.28. The van der Waals surface area contributed by atoms with Gasteiger partial charge >= 0.3 is 5.69 Å². The lowest BCUT2D eigenvalue weighted by Gasteiger charge is -2.18. The van der Waals surface area contributed by atoms with Crippen LogP contribution in [-0.4, -0.2) is 28.4 Å². The van der Waals surface area contributed by atoms with Crippen LogP contribution in [-0.2, 0) is 28.9 Å². The van der Waals surface area contributed by atoms with Gasteiger partial charge in [-0.05, 0) is 23.8 Å². The molecule has 0 spiro atoms. The summed E-state index contributed by atoms with van der Waals surface area (Å²) in [5, 5.41) is 4.68. The topological polar surface area (TPSA) is 132 Å². The third kappa shape index (κ3) is 4.35. The summed E-state index contributed by atoms with van der Waals surface area (Å²) in [5.74, 6) is -0.612. The van der Waals surface area contributed by atoms with Gasteiger partial charge in [0.1, 0.15) is 6.04 Å². The van der Waals surface area contributed by atoms with Crippen molar-refractivity contribution in [2.24, 2.45) is 14.1 Å². The first-order chi connectivity index (χ1) is 15.7. The molecule has 33 heavy (non-hydrogen) atoms. The summed E-state index contributed by atoms with van der Waals surface area (Å²) in [6.07, 6.45) is 1.52. The summed E-state index contributed by atoms with van der Waals surface area (Å²) in [6.45, 7) is 0. The van der Waals surface area contributed by atoms with Crippen LogP contribution in [0.15, 0.2) is 74.6 Å². The number of amides is 1. The third-order valence-electron chi connectivity index (χ3n) is 5.08. The van der Waals surface area contributed by atoms with Gasteiger partial charge in [-0.25, -0.2) is 18.2 Å². The number of nitrogens with zero attached hydrogens (tertiary/aromatic N) is 3. The maximum absolute atomic E-state index is 13.2. The Morgan fingerprint density at radius 3 is 2.45 bits per heavy atom. The van der Waals surface area contributed by atoms with Crippen LogP contribution < -0.4 is 21.3 Å². The highest BCUT2D eigenvalue weighted by Crippen LogP contribution is 2.22. The second-order valence-electron chi connectivity index (χ2n) is 7.18. The second-order valence-corrected chi connectivity index (χ2v) is 9.78. The molecule has 2 N–H and O–H groups in total. The standard InChI is InChI=1S/C21H19N5O5S2/c1-25-16-9-8-14(12-15(16)19(28)26(2)21(25)29)33(30,31)24-17(13-6-4-3-5-7-13)18(27)23-20-22-10-11-32-20/h3-12,17,24H,1-2H3,(H,22,23,27)/t17-/m1/s1. The number of anilines is 1. The molecule has 0 aliphatic heterocycles. The lowest BCUT2D eigenvalue weighted by Crippen LogP contribution is -2.38. The molecule has 0 saturated carbocycles. The third-order valence-corrected chi connectivity index (χ3v) is 7.19. The Morgan fingerprint density at radius 1 is 1.06 bits per heavy atom. The van der Waals surface area contributed by atoms with Crippen LogP contribution in [0.2, 0.25) is 0 Å². The zero-order valence-corrected chi connectivity index (χ0v) is 19.2. The molecule has 2 aromatic carbocycles. The monoisotopic (exact) mass is 485 g/mol. The molecule has 0 saturated heterocycles. The van der Waals surface area contributed by atoms with Gasteiger partial charge in [-0.15, -0.1) is 11.3 Å². The molecule has 0 unspecified atom stereocenters. The number of thiazole rings is 1. The number of nitrogens with one attached hydrogen (secondary N) is 2. The Morgan fingerprint density at radius 2 is 1.79 bits per heavy atom. The number of rotatable bonds is 6. The molecule has 0 bridgehead atoms. The van der Waals surface area contributed by atoms with Gasteiger partial charge in [0.2, 0.25) is 15.9 Å². The molecule has 170 valence electrons. The Balaban J connectivity index is 1.76. The number of fused-ring (bicyclic) bond motifs is 1. The predicted molar refractivity (Wildman–Crippen MR) is 125 cm³/mol. The van der Waals surface area contributed by atoms with Crippen LogP contribution in [0.5, 0.6) is 0 Å². The number of carbonyl (C=O) groups excluding carboxylic acids is 1. The Kier molecular flexibility index (Phi) is 5.97. The average Bonchev–Trinajstić information content (AvgIpc) is 3.33. The van der Waals surface area contributed by atoms with Crippen molar-refractivity contribution in [3.8, 4) is 0 Å². The summed E-state index contributed by atoms with van der Waals surface area (Å²) >= 11 is 1.20. The van der Waals surface area contributed by atoms with Crippen molar-refractivity contribution in [1.29, 1.82) is 0 Å². The van der Waals surface area contributed by atoms with Gasteiger partial charge in [0.25, 0.3) is 5.56 Å². The molecule has 0 aliphatic carbocycles. The summed E-state index contributed by atoms with van der Waals surface area (Å²) < 4.78 is 31.1. The van der Waals surface area contributed by atoms with Crippen molar-refractivity contribution < 1.29 is 13.2 Å². The van der Waals surface area contributed by atoms with Crippen LogP contribution in [0.3, 0.4) is 0 Å². The summed E-state index contributed by atoms with van der Waals surface area (Å²) in [7, 11) is -1.43.